The quantitative estimate of drug-likeness (QED) is 0.838. The summed E-state index contributed by atoms with van der Waals surface area (Å²) in [6.07, 6.45) is 3.77. The van der Waals surface area contributed by atoms with Gasteiger partial charge in [-0.3, -0.25) is 14.5 Å². The molecule has 0 bridgehead atoms. The van der Waals surface area contributed by atoms with Crippen molar-refractivity contribution in [3.63, 3.8) is 0 Å². The van der Waals surface area contributed by atoms with Crippen LogP contribution in [0, 0.1) is 0 Å². The molecule has 1 aliphatic heterocycles. The van der Waals surface area contributed by atoms with E-state index in [1.165, 1.54) is 11.2 Å². The third kappa shape index (κ3) is 2.89. The minimum Gasteiger partial charge on any atom is -0.467 e. The lowest BCUT2D eigenvalue weighted by Crippen LogP contribution is -2.47. The number of nitrogens with one attached hydrogen (secondary N) is 1. The Hall–Kier alpha value is -3.09. The highest BCUT2D eigenvalue weighted by Gasteiger charge is 2.54. The van der Waals surface area contributed by atoms with E-state index >= 15 is 0 Å². The summed E-state index contributed by atoms with van der Waals surface area (Å²) in [6.45, 7) is -0.00471. The molecular weight excluding hydrogens is 346 g/mol. The number of benzene rings is 1. The number of furan rings is 1. The lowest BCUT2D eigenvalue weighted by Gasteiger charge is -2.33. The number of carbonyl (C=O) groups excluding carboxylic acids is 3. The monoisotopic (exact) mass is 367 g/mol. The Labute approximate surface area is 156 Å². The maximum atomic E-state index is 13.2. The highest BCUT2D eigenvalue weighted by Crippen LogP contribution is 2.39. The summed E-state index contributed by atoms with van der Waals surface area (Å²) in [5, 5.41) is 2.86. The van der Waals surface area contributed by atoms with Crippen molar-refractivity contribution in [1.29, 1.82) is 0 Å². The fraction of sp³-hybridized carbons (Fsp3) is 0.350. The predicted molar refractivity (Wildman–Crippen MR) is 96.5 cm³/mol. The van der Waals surface area contributed by atoms with Crippen molar-refractivity contribution >= 4 is 17.8 Å². The Morgan fingerprint density at radius 2 is 2.07 bits per heavy atom. The van der Waals surface area contributed by atoms with Crippen LogP contribution in [0.25, 0.3) is 0 Å². The Bertz CT molecular complexity index is 892. The van der Waals surface area contributed by atoms with Crippen LogP contribution in [0.3, 0.4) is 0 Å². The second-order valence-corrected chi connectivity index (χ2v) is 7.07. The minimum absolute atomic E-state index is 0.281. The van der Waals surface area contributed by atoms with Crippen LogP contribution < -0.4 is 5.32 Å². The van der Waals surface area contributed by atoms with Gasteiger partial charge >= 0.3 is 6.03 Å². The molecule has 1 aromatic carbocycles. The van der Waals surface area contributed by atoms with E-state index in [0.717, 1.165) is 28.9 Å². The Morgan fingerprint density at radius 3 is 2.85 bits per heavy atom. The Balaban J connectivity index is 1.53. The number of hydrogen-bond donors (Lipinski definition) is 1. The third-order valence-electron chi connectivity index (χ3n) is 5.34. The number of nitrogens with zero attached hydrogens (tertiary/aromatic N) is 2. The summed E-state index contributed by atoms with van der Waals surface area (Å²) >= 11 is 0. The second-order valence-electron chi connectivity index (χ2n) is 7.07. The number of aryl methyl sites for hydroxylation is 1. The first kappa shape index (κ1) is 17.3. The first-order valence-electron chi connectivity index (χ1n) is 9.00. The zero-order chi connectivity index (χ0) is 19.0. The number of likely N-dealkylation sites (N-methyl/N-ethyl adjacent to an activating group) is 1. The van der Waals surface area contributed by atoms with E-state index in [-0.39, 0.29) is 24.9 Å². The van der Waals surface area contributed by atoms with E-state index < -0.39 is 11.6 Å². The molecule has 7 nitrogen and oxygen atoms in total. The molecule has 140 valence electrons. The summed E-state index contributed by atoms with van der Waals surface area (Å²) in [4.78, 5) is 40.7. The number of hydrogen-bond acceptors (Lipinski definition) is 4. The number of fused-ring (bicyclic) bond motifs is 2. The van der Waals surface area contributed by atoms with Gasteiger partial charge in [0.15, 0.2) is 0 Å². The first-order valence-corrected chi connectivity index (χ1v) is 9.00. The summed E-state index contributed by atoms with van der Waals surface area (Å²) in [5.41, 5.74) is 0.861. The van der Waals surface area contributed by atoms with E-state index in [1.54, 1.807) is 19.2 Å². The van der Waals surface area contributed by atoms with Crippen molar-refractivity contribution in [3.8, 4) is 0 Å². The van der Waals surface area contributed by atoms with Crippen molar-refractivity contribution in [2.24, 2.45) is 0 Å². The number of carbonyl (C=O) groups is 3. The molecule has 4 amide bonds. The van der Waals surface area contributed by atoms with E-state index in [0.29, 0.717) is 12.2 Å². The van der Waals surface area contributed by atoms with E-state index in [4.69, 9.17) is 4.42 Å². The molecule has 4 rings (SSSR count). The molecule has 1 aromatic heterocycles. The van der Waals surface area contributed by atoms with E-state index in [2.05, 4.69) is 5.32 Å². The van der Waals surface area contributed by atoms with Gasteiger partial charge in [-0.15, -0.1) is 0 Å². The van der Waals surface area contributed by atoms with Gasteiger partial charge in [0.1, 0.15) is 17.8 Å². The average Bonchev–Trinajstić information content (AvgIpc) is 3.25. The van der Waals surface area contributed by atoms with Crippen molar-refractivity contribution < 1.29 is 18.8 Å². The molecule has 1 saturated heterocycles. The highest BCUT2D eigenvalue weighted by atomic mass is 16.3. The molecule has 2 aliphatic rings. The molecule has 1 spiro atoms. The lowest BCUT2D eigenvalue weighted by molar-refractivity contribution is -0.139. The van der Waals surface area contributed by atoms with Crippen LogP contribution in [0.2, 0.25) is 0 Å². The molecule has 0 radical (unpaired) electrons. The van der Waals surface area contributed by atoms with Gasteiger partial charge in [0.2, 0.25) is 5.91 Å². The van der Waals surface area contributed by atoms with Gasteiger partial charge < -0.3 is 14.6 Å². The molecule has 1 atom stereocenters. The minimum atomic E-state index is -1.05. The first-order chi connectivity index (χ1) is 13.0. The van der Waals surface area contributed by atoms with Gasteiger partial charge in [-0.1, -0.05) is 24.3 Å². The van der Waals surface area contributed by atoms with Crippen LogP contribution in [0.4, 0.5) is 4.79 Å². The van der Waals surface area contributed by atoms with E-state index in [9.17, 15) is 14.4 Å². The Kier molecular flexibility index (Phi) is 4.22. The largest absolute Gasteiger partial charge is 0.467 e. The van der Waals surface area contributed by atoms with Gasteiger partial charge in [0.25, 0.3) is 5.91 Å². The number of amides is 4. The molecule has 1 N–H and O–H groups in total. The maximum absolute atomic E-state index is 13.2. The van der Waals surface area contributed by atoms with Crippen molar-refractivity contribution in [2.75, 3.05) is 13.6 Å². The fourth-order valence-corrected chi connectivity index (χ4v) is 3.94. The highest BCUT2D eigenvalue weighted by molar-refractivity contribution is 6.09. The van der Waals surface area contributed by atoms with Crippen LogP contribution in [-0.2, 0) is 28.1 Å². The standard InChI is InChI=1S/C20H21N3O4/c1-22(12-15-8-5-11-27-15)17(24)13-23-18(25)20(21-19(23)26)10-4-7-14-6-2-3-9-16(14)20/h2-3,5-6,8-9,11H,4,7,10,12-13H2,1H3,(H,21,26)/t20-/m1/s1. The molecule has 1 fully saturated rings. The molecule has 7 heteroatoms. The Morgan fingerprint density at radius 1 is 1.26 bits per heavy atom. The lowest BCUT2D eigenvalue weighted by atomic mass is 9.76. The van der Waals surface area contributed by atoms with Gasteiger partial charge in [-0.25, -0.2) is 4.79 Å². The molecule has 0 saturated carbocycles. The second kappa shape index (κ2) is 6.57. The molecule has 0 unspecified atom stereocenters. The summed E-state index contributed by atoms with van der Waals surface area (Å²) in [5.74, 6) is -0.0313. The normalized spacial score (nSPS) is 21.3. The molecule has 1 aliphatic carbocycles. The smallest absolute Gasteiger partial charge is 0.325 e. The topological polar surface area (TPSA) is 82.9 Å². The van der Waals surface area contributed by atoms with Crippen molar-refractivity contribution in [1.82, 2.24) is 15.1 Å². The maximum Gasteiger partial charge on any atom is 0.325 e. The van der Waals surface area contributed by atoms with Gasteiger partial charge in [-0.05, 0) is 42.5 Å². The van der Waals surface area contributed by atoms with Gasteiger partial charge in [0.05, 0.1) is 12.8 Å². The third-order valence-corrected chi connectivity index (χ3v) is 5.34. The summed E-state index contributed by atoms with van der Waals surface area (Å²) < 4.78 is 5.24. The van der Waals surface area contributed by atoms with Crippen LogP contribution in [-0.4, -0.2) is 41.2 Å². The van der Waals surface area contributed by atoms with Crippen LogP contribution in [0.5, 0.6) is 0 Å². The van der Waals surface area contributed by atoms with Crippen LogP contribution in [0.1, 0.15) is 29.7 Å². The molecule has 27 heavy (non-hydrogen) atoms. The van der Waals surface area contributed by atoms with Crippen LogP contribution in [0.15, 0.2) is 47.1 Å². The van der Waals surface area contributed by atoms with Crippen molar-refractivity contribution in [3.05, 3.63) is 59.5 Å². The van der Waals surface area contributed by atoms with Crippen molar-refractivity contribution in [2.45, 2.75) is 31.3 Å². The zero-order valence-electron chi connectivity index (χ0n) is 15.1. The summed E-state index contributed by atoms with van der Waals surface area (Å²) in [7, 11) is 1.62. The molecular formula is C20H21N3O4. The predicted octanol–water partition coefficient (Wildman–Crippen LogP) is 2.02. The molecule has 2 heterocycles. The molecule has 2 aromatic rings. The number of imide groups is 1. The average molecular weight is 367 g/mol. The van der Waals surface area contributed by atoms with Crippen LogP contribution >= 0.6 is 0 Å². The summed E-state index contributed by atoms with van der Waals surface area (Å²) in [6, 6.07) is 10.7. The number of urea groups is 1. The van der Waals surface area contributed by atoms with Gasteiger partial charge in [0, 0.05) is 7.05 Å². The number of rotatable bonds is 4. The fourth-order valence-electron chi connectivity index (χ4n) is 3.94. The zero-order valence-corrected chi connectivity index (χ0v) is 15.1. The van der Waals surface area contributed by atoms with Gasteiger partial charge in [-0.2, -0.15) is 0 Å². The SMILES string of the molecule is CN(Cc1ccco1)C(=O)CN1C(=O)N[C@@]2(CCCc3ccccc32)C1=O. The van der Waals surface area contributed by atoms with E-state index in [1.807, 2.05) is 24.3 Å².